The molecule has 1 unspecified atom stereocenters. The van der Waals surface area contributed by atoms with Crippen molar-refractivity contribution in [2.24, 2.45) is 0 Å². The van der Waals surface area contributed by atoms with E-state index in [1.165, 1.54) is 17.4 Å². The van der Waals surface area contributed by atoms with E-state index in [0.717, 1.165) is 0 Å². The lowest BCUT2D eigenvalue weighted by molar-refractivity contribution is -0.140. The number of Topliss-reactive ketones (excluding diaryl/α,β-unsaturated/α-hetero) is 1. The number of aliphatic hydroxyl groups excluding tert-OH is 1. The second-order valence-corrected chi connectivity index (χ2v) is 6.48. The van der Waals surface area contributed by atoms with Gasteiger partial charge in [0.1, 0.15) is 29.1 Å². The van der Waals surface area contributed by atoms with Crippen molar-refractivity contribution in [3.05, 3.63) is 83.7 Å². The molecule has 7 nitrogen and oxygen atoms in total. The number of carbonyl (C=O) groups excluding carboxylic acids is 2. The summed E-state index contributed by atoms with van der Waals surface area (Å²) in [5.74, 6) is -0.355. The fraction of sp³-hybridized carbons (Fsp3) is 0.182. The molecule has 1 aliphatic heterocycles. The van der Waals surface area contributed by atoms with Gasteiger partial charge in [-0.15, -0.1) is 0 Å². The SMILES string of the molecule is CCOc1cccc(C(O)=C2C(=O)C(=O)N(Cc3ccco3)C2c2ccco2)c1. The van der Waals surface area contributed by atoms with Gasteiger partial charge in [0.25, 0.3) is 11.7 Å². The number of likely N-dealkylation sites (tertiary alicyclic amines) is 1. The van der Waals surface area contributed by atoms with E-state index < -0.39 is 17.7 Å². The Morgan fingerprint density at radius 2 is 1.90 bits per heavy atom. The Morgan fingerprint density at radius 3 is 2.59 bits per heavy atom. The van der Waals surface area contributed by atoms with E-state index in [1.807, 2.05) is 6.92 Å². The average molecular weight is 393 g/mol. The van der Waals surface area contributed by atoms with E-state index in [0.29, 0.717) is 29.4 Å². The summed E-state index contributed by atoms with van der Waals surface area (Å²) in [6.45, 7) is 2.38. The highest BCUT2D eigenvalue weighted by molar-refractivity contribution is 6.46. The third-order valence-corrected chi connectivity index (χ3v) is 4.68. The van der Waals surface area contributed by atoms with Gasteiger partial charge in [-0.3, -0.25) is 9.59 Å². The minimum atomic E-state index is -0.870. The van der Waals surface area contributed by atoms with Crippen LogP contribution in [0.5, 0.6) is 5.75 Å². The molecule has 7 heteroatoms. The van der Waals surface area contributed by atoms with E-state index in [-0.39, 0.29) is 17.9 Å². The van der Waals surface area contributed by atoms with Crippen LogP contribution in [0.25, 0.3) is 5.76 Å². The maximum absolute atomic E-state index is 12.9. The van der Waals surface area contributed by atoms with Crippen molar-refractivity contribution >= 4 is 17.4 Å². The number of ketones is 1. The van der Waals surface area contributed by atoms with Crippen molar-refractivity contribution in [3.8, 4) is 5.75 Å². The number of hydrogen-bond acceptors (Lipinski definition) is 6. The summed E-state index contributed by atoms with van der Waals surface area (Å²) in [6.07, 6.45) is 2.95. The van der Waals surface area contributed by atoms with Crippen LogP contribution in [-0.4, -0.2) is 28.3 Å². The van der Waals surface area contributed by atoms with Crippen molar-refractivity contribution in [1.82, 2.24) is 4.90 Å². The second-order valence-electron chi connectivity index (χ2n) is 6.48. The predicted molar refractivity (Wildman–Crippen MR) is 103 cm³/mol. The minimum absolute atomic E-state index is 0.0369. The summed E-state index contributed by atoms with van der Waals surface area (Å²) < 4.78 is 16.3. The number of carbonyl (C=O) groups is 2. The molecule has 1 saturated heterocycles. The third-order valence-electron chi connectivity index (χ3n) is 4.68. The molecule has 1 amide bonds. The van der Waals surface area contributed by atoms with Crippen LogP contribution >= 0.6 is 0 Å². The number of ether oxygens (including phenoxy) is 1. The summed E-state index contributed by atoms with van der Waals surface area (Å²) in [4.78, 5) is 27.0. The average Bonchev–Trinajstić information content (AvgIpc) is 3.47. The Balaban J connectivity index is 1.81. The molecule has 0 bridgehead atoms. The summed E-state index contributed by atoms with van der Waals surface area (Å²) in [5, 5.41) is 11.0. The topological polar surface area (TPSA) is 93.1 Å². The van der Waals surface area contributed by atoms with Crippen molar-refractivity contribution < 1.29 is 28.3 Å². The predicted octanol–water partition coefficient (Wildman–Crippen LogP) is 3.89. The smallest absolute Gasteiger partial charge is 0.296 e. The zero-order valence-corrected chi connectivity index (χ0v) is 15.7. The Kier molecular flexibility index (Phi) is 4.95. The van der Waals surface area contributed by atoms with Gasteiger partial charge in [-0.1, -0.05) is 12.1 Å². The molecule has 1 aliphatic rings. The molecule has 2 aromatic heterocycles. The van der Waals surface area contributed by atoms with E-state index in [4.69, 9.17) is 13.6 Å². The quantitative estimate of drug-likeness (QED) is 0.388. The summed E-state index contributed by atoms with van der Waals surface area (Å²) in [6, 6.07) is 12.6. The van der Waals surface area contributed by atoms with Crippen LogP contribution in [0.3, 0.4) is 0 Å². The largest absolute Gasteiger partial charge is 0.507 e. The maximum Gasteiger partial charge on any atom is 0.296 e. The van der Waals surface area contributed by atoms with Crippen LogP contribution < -0.4 is 4.74 Å². The van der Waals surface area contributed by atoms with Crippen molar-refractivity contribution in [1.29, 1.82) is 0 Å². The lowest BCUT2D eigenvalue weighted by Gasteiger charge is -2.22. The van der Waals surface area contributed by atoms with Gasteiger partial charge in [-0.25, -0.2) is 0 Å². The molecule has 1 aromatic carbocycles. The normalized spacial score (nSPS) is 18.4. The molecule has 148 valence electrons. The molecule has 1 N–H and O–H groups in total. The third kappa shape index (κ3) is 3.42. The first-order chi connectivity index (χ1) is 14.1. The van der Waals surface area contributed by atoms with Gasteiger partial charge in [-0.05, 0) is 43.3 Å². The number of rotatable bonds is 6. The Morgan fingerprint density at radius 1 is 1.10 bits per heavy atom. The molecule has 4 rings (SSSR count). The van der Waals surface area contributed by atoms with Crippen molar-refractivity contribution in [2.75, 3.05) is 6.61 Å². The Labute approximate surface area is 166 Å². The molecule has 0 spiro atoms. The first kappa shape index (κ1) is 18.6. The highest BCUT2D eigenvalue weighted by atomic mass is 16.5. The van der Waals surface area contributed by atoms with Gasteiger partial charge in [0, 0.05) is 5.56 Å². The number of benzene rings is 1. The first-order valence-corrected chi connectivity index (χ1v) is 9.17. The van der Waals surface area contributed by atoms with Crippen LogP contribution in [0, 0.1) is 0 Å². The van der Waals surface area contributed by atoms with E-state index in [2.05, 4.69) is 0 Å². The second kappa shape index (κ2) is 7.71. The van der Waals surface area contributed by atoms with Crippen LogP contribution in [0.15, 0.2) is 75.5 Å². The van der Waals surface area contributed by atoms with Gasteiger partial charge in [-0.2, -0.15) is 0 Å². The number of hydrogen-bond donors (Lipinski definition) is 1. The van der Waals surface area contributed by atoms with Gasteiger partial charge in [0.15, 0.2) is 0 Å². The van der Waals surface area contributed by atoms with Crippen molar-refractivity contribution in [2.45, 2.75) is 19.5 Å². The number of amides is 1. The monoisotopic (exact) mass is 393 g/mol. The molecular weight excluding hydrogens is 374 g/mol. The van der Waals surface area contributed by atoms with Crippen molar-refractivity contribution in [3.63, 3.8) is 0 Å². The minimum Gasteiger partial charge on any atom is -0.507 e. The first-order valence-electron chi connectivity index (χ1n) is 9.17. The zero-order chi connectivity index (χ0) is 20.4. The van der Waals surface area contributed by atoms with Gasteiger partial charge >= 0.3 is 0 Å². The highest BCUT2D eigenvalue weighted by Crippen LogP contribution is 2.40. The molecule has 0 aliphatic carbocycles. The fourth-order valence-corrected chi connectivity index (χ4v) is 3.41. The number of furan rings is 2. The number of nitrogens with zero attached hydrogens (tertiary/aromatic N) is 1. The van der Waals surface area contributed by atoms with Gasteiger partial charge in [0.05, 0.1) is 31.3 Å². The maximum atomic E-state index is 12.9. The standard InChI is InChI=1S/C22H19NO6/c1-2-27-15-7-3-6-14(12-15)20(24)18-19(17-9-5-11-29-17)23(22(26)21(18)25)13-16-8-4-10-28-16/h3-12,19,24H,2,13H2,1H3. The Bertz CT molecular complexity index is 1050. The summed E-state index contributed by atoms with van der Waals surface area (Å²) >= 11 is 0. The summed E-state index contributed by atoms with van der Waals surface area (Å²) in [7, 11) is 0. The lowest BCUT2D eigenvalue weighted by atomic mass is 9.99. The van der Waals surface area contributed by atoms with E-state index >= 15 is 0 Å². The van der Waals surface area contributed by atoms with E-state index in [1.54, 1.807) is 48.5 Å². The molecule has 0 saturated carbocycles. The van der Waals surface area contributed by atoms with Crippen LogP contribution in [0.1, 0.15) is 30.0 Å². The van der Waals surface area contributed by atoms with Crippen LogP contribution in [0.4, 0.5) is 0 Å². The fourth-order valence-electron chi connectivity index (χ4n) is 3.41. The number of aliphatic hydroxyl groups is 1. The van der Waals surface area contributed by atoms with E-state index in [9.17, 15) is 14.7 Å². The summed E-state index contributed by atoms with van der Waals surface area (Å²) in [5.41, 5.74) is 0.341. The van der Waals surface area contributed by atoms with Gasteiger partial charge < -0.3 is 23.6 Å². The molecule has 0 radical (unpaired) electrons. The van der Waals surface area contributed by atoms with Crippen LogP contribution in [-0.2, 0) is 16.1 Å². The molecule has 3 aromatic rings. The molecule has 1 atom stereocenters. The van der Waals surface area contributed by atoms with Crippen LogP contribution in [0.2, 0.25) is 0 Å². The highest BCUT2D eigenvalue weighted by Gasteiger charge is 2.47. The molecule has 3 heterocycles. The zero-order valence-electron chi connectivity index (χ0n) is 15.7. The van der Waals surface area contributed by atoms with Gasteiger partial charge in [0.2, 0.25) is 0 Å². The molecular formula is C22H19NO6. The molecule has 1 fully saturated rings. The molecule has 29 heavy (non-hydrogen) atoms. The lowest BCUT2D eigenvalue weighted by Crippen LogP contribution is -2.28. The Hall–Kier alpha value is -3.74.